The van der Waals surface area contributed by atoms with Gasteiger partial charge >= 0.3 is 0 Å². The minimum atomic E-state index is -0.452. The normalized spacial score (nSPS) is 10.8. The third-order valence-corrected chi connectivity index (χ3v) is 4.64. The van der Waals surface area contributed by atoms with Crippen LogP contribution in [-0.4, -0.2) is 32.0 Å². The monoisotopic (exact) mass is 377 g/mol. The van der Waals surface area contributed by atoms with Crippen molar-refractivity contribution in [3.05, 3.63) is 69.8 Å². The quantitative estimate of drug-likeness (QED) is 0.651. The number of benzene rings is 2. The van der Waals surface area contributed by atoms with Crippen LogP contribution in [0.25, 0.3) is 0 Å². The summed E-state index contributed by atoms with van der Waals surface area (Å²) in [5.74, 6) is -0.795. The van der Waals surface area contributed by atoms with Crippen LogP contribution in [0.15, 0.2) is 36.4 Å². The Bertz CT molecular complexity index is 991. The third-order valence-electron chi connectivity index (χ3n) is 4.64. The van der Waals surface area contributed by atoms with Crippen LogP contribution in [0.1, 0.15) is 49.9 Å². The lowest BCUT2D eigenvalue weighted by Gasteiger charge is -2.21. The minimum absolute atomic E-state index is 0.109. The molecule has 7 nitrogen and oxygen atoms in total. The molecule has 0 spiro atoms. The molecule has 3 rings (SSSR count). The molecule has 28 heavy (non-hydrogen) atoms. The van der Waals surface area contributed by atoms with Gasteiger partial charge in [0.25, 0.3) is 17.8 Å². The standard InChI is InChI=1S/C21H23N5O2/c1-6-25-21(22-23-24-25)26(19(27)17-9-7-13(2)11-15(17)4)20(28)18-10-8-14(3)12-16(18)5/h7-12H,6H2,1-5H3. The van der Waals surface area contributed by atoms with Gasteiger partial charge in [0.15, 0.2) is 0 Å². The molecule has 0 saturated carbocycles. The van der Waals surface area contributed by atoms with Crippen LogP contribution in [0.5, 0.6) is 0 Å². The van der Waals surface area contributed by atoms with Gasteiger partial charge in [0.2, 0.25) is 0 Å². The lowest BCUT2D eigenvalue weighted by atomic mass is 10.0. The predicted octanol–water partition coefficient (Wildman–Crippen LogP) is 3.41. The van der Waals surface area contributed by atoms with Gasteiger partial charge in [-0.15, -0.1) is 0 Å². The molecule has 1 aromatic heterocycles. The fraction of sp³-hybridized carbons (Fsp3) is 0.286. The van der Waals surface area contributed by atoms with Crippen molar-refractivity contribution < 1.29 is 9.59 Å². The largest absolute Gasteiger partial charge is 0.268 e. The summed E-state index contributed by atoms with van der Waals surface area (Å²) in [5.41, 5.74) is 4.54. The van der Waals surface area contributed by atoms with Crippen molar-refractivity contribution in [1.29, 1.82) is 0 Å². The van der Waals surface area contributed by atoms with E-state index in [1.807, 2.05) is 58.9 Å². The fourth-order valence-electron chi connectivity index (χ4n) is 3.19. The lowest BCUT2D eigenvalue weighted by molar-refractivity contribution is 0.0893. The Morgan fingerprint density at radius 2 is 1.39 bits per heavy atom. The number of hydrogen-bond acceptors (Lipinski definition) is 5. The Morgan fingerprint density at radius 3 is 1.82 bits per heavy atom. The number of carbonyl (C=O) groups excluding carboxylic acids is 2. The first kappa shape index (κ1) is 19.4. The molecule has 0 saturated heterocycles. The van der Waals surface area contributed by atoms with Crippen LogP contribution in [0, 0.1) is 27.7 Å². The van der Waals surface area contributed by atoms with Crippen LogP contribution in [0.4, 0.5) is 5.95 Å². The van der Waals surface area contributed by atoms with Crippen LogP contribution in [0.3, 0.4) is 0 Å². The molecule has 0 aliphatic carbocycles. The smallest absolute Gasteiger partial charge is 0.268 e. The number of tetrazole rings is 1. The molecule has 0 fully saturated rings. The van der Waals surface area contributed by atoms with Crippen LogP contribution in [-0.2, 0) is 6.54 Å². The Labute approximate surface area is 164 Å². The number of carbonyl (C=O) groups is 2. The average molecular weight is 377 g/mol. The van der Waals surface area contributed by atoms with Crippen molar-refractivity contribution in [2.45, 2.75) is 41.2 Å². The second kappa shape index (κ2) is 7.72. The molecule has 0 unspecified atom stereocenters. The summed E-state index contributed by atoms with van der Waals surface area (Å²) in [4.78, 5) is 27.9. The van der Waals surface area contributed by atoms with E-state index in [0.717, 1.165) is 27.2 Å². The van der Waals surface area contributed by atoms with Gasteiger partial charge in [-0.2, -0.15) is 0 Å². The van der Waals surface area contributed by atoms with Crippen molar-refractivity contribution >= 4 is 17.8 Å². The molecule has 7 heteroatoms. The highest BCUT2D eigenvalue weighted by molar-refractivity contribution is 6.25. The fourth-order valence-corrected chi connectivity index (χ4v) is 3.19. The van der Waals surface area contributed by atoms with Crippen molar-refractivity contribution in [3.63, 3.8) is 0 Å². The summed E-state index contributed by atoms with van der Waals surface area (Å²) in [7, 11) is 0. The Hall–Kier alpha value is -3.35. The number of aryl methyl sites for hydroxylation is 5. The van der Waals surface area contributed by atoms with Crippen molar-refractivity contribution in [2.75, 3.05) is 4.90 Å². The summed E-state index contributed by atoms with van der Waals surface area (Å²) in [6, 6.07) is 11.0. The van der Waals surface area contributed by atoms with Gasteiger partial charge in [0, 0.05) is 17.7 Å². The van der Waals surface area contributed by atoms with E-state index in [0.29, 0.717) is 17.7 Å². The van der Waals surface area contributed by atoms with E-state index in [2.05, 4.69) is 15.5 Å². The van der Waals surface area contributed by atoms with Gasteiger partial charge in [-0.1, -0.05) is 40.5 Å². The maximum atomic E-state index is 13.4. The maximum Gasteiger partial charge on any atom is 0.268 e. The number of imide groups is 1. The molecule has 0 aliphatic rings. The molecule has 2 amide bonds. The van der Waals surface area contributed by atoms with Gasteiger partial charge < -0.3 is 0 Å². The van der Waals surface area contributed by atoms with E-state index in [4.69, 9.17) is 0 Å². The molecule has 0 aliphatic heterocycles. The number of nitrogens with zero attached hydrogens (tertiary/aromatic N) is 5. The van der Waals surface area contributed by atoms with E-state index in [1.54, 1.807) is 12.1 Å². The van der Waals surface area contributed by atoms with Gasteiger partial charge in [-0.3, -0.25) is 9.59 Å². The average Bonchev–Trinajstić information content (AvgIpc) is 3.09. The summed E-state index contributed by atoms with van der Waals surface area (Å²) < 4.78 is 1.43. The molecule has 0 bridgehead atoms. The van der Waals surface area contributed by atoms with E-state index in [9.17, 15) is 9.59 Å². The Kier molecular flexibility index (Phi) is 5.35. The van der Waals surface area contributed by atoms with E-state index in [-0.39, 0.29) is 5.95 Å². The number of anilines is 1. The van der Waals surface area contributed by atoms with Gasteiger partial charge in [-0.25, -0.2) is 9.58 Å². The van der Waals surface area contributed by atoms with E-state index in [1.165, 1.54) is 4.68 Å². The molecule has 144 valence electrons. The first-order valence-electron chi connectivity index (χ1n) is 9.13. The number of rotatable bonds is 4. The third kappa shape index (κ3) is 3.55. The summed E-state index contributed by atoms with van der Waals surface area (Å²) in [5, 5.41) is 11.5. The molecule has 2 aromatic carbocycles. The van der Waals surface area contributed by atoms with E-state index >= 15 is 0 Å². The second-order valence-corrected chi connectivity index (χ2v) is 6.88. The minimum Gasteiger partial charge on any atom is -0.268 e. The highest BCUT2D eigenvalue weighted by Gasteiger charge is 2.32. The van der Waals surface area contributed by atoms with Crippen LogP contribution < -0.4 is 4.90 Å². The Morgan fingerprint density at radius 1 is 0.893 bits per heavy atom. The Balaban J connectivity index is 2.15. The van der Waals surface area contributed by atoms with Gasteiger partial charge in [-0.05, 0) is 68.3 Å². The molecule has 0 radical (unpaired) electrons. The number of aromatic nitrogens is 4. The highest BCUT2D eigenvalue weighted by Crippen LogP contribution is 2.22. The lowest BCUT2D eigenvalue weighted by Crippen LogP contribution is -2.40. The molecule has 1 heterocycles. The molecular formula is C21H23N5O2. The molecule has 0 atom stereocenters. The van der Waals surface area contributed by atoms with Crippen LogP contribution >= 0.6 is 0 Å². The zero-order valence-corrected chi connectivity index (χ0v) is 16.7. The van der Waals surface area contributed by atoms with Crippen molar-refractivity contribution in [2.24, 2.45) is 0 Å². The maximum absolute atomic E-state index is 13.4. The predicted molar refractivity (Wildman–Crippen MR) is 106 cm³/mol. The van der Waals surface area contributed by atoms with Crippen molar-refractivity contribution in [3.8, 4) is 0 Å². The number of amides is 2. The molecule has 0 N–H and O–H groups in total. The second-order valence-electron chi connectivity index (χ2n) is 6.88. The zero-order valence-electron chi connectivity index (χ0n) is 16.7. The summed E-state index contributed by atoms with van der Waals surface area (Å²) in [6.45, 7) is 9.89. The molecular weight excluding hydrogens is 354 g/mol. The van der Waals surface area contributed by atoms with Crippen LogP contribution in [0.2, 0.25) is 0 Å². The molecule has 3 aromatic rings. The first-order chi connectivity index (χ1) is 13.3. The topological polar surface area (TPSA) is 81.0 Å². The van der Waals surface area contributed by atoms with Crippen molar-refractivity contribution in [1.82, 2.24) is 20.2 Å². The highest BCUT2D eigenvalue weighted by atomic mass is 16.2. The van der Waals surface area contributed by atoms with Gasteiger partial charge in [0.1, 0.15) is 0 Å². The summed E-state index contributed by atoms with van der Waals surface area (Å²) in [6.07, 6.45) is 0. The number of hydrogen-bond donors (Lipinski definition) is 0. The zero-order chi connectivity index (χ0) is 20.4. The SMILES string of the molecule is CCn1nnnc1N(C(=O)c1ccc(C)cc1C)C(=O)c1ccc(C)cc1C. The van der Waals surface area contributed by atoms with E-state index < -0.39 is 11.8 Å². The first-order valence-corrected chi connectivity index (χ1v) is 9.13. The summed E-state index contributed by atoms with van der Waals surface area (Å²) >= 11 is 0. The van der Waals surface area contributed by atoms with Gasteiger partial charge in [0.05, 0.1) is 0 Å².